The maximum Gasteiger partial charge on any atom is 0.191 e. The van der Waals surface area contributed by atoms with Crippen molar-refractivity contribution in [1.29, 1.82) is 0 Å². The number of aliphatic imine (C=N–C) groups is 1. The molecular weight excluding hydrogens is 332 g/mol. The molecule has 7 nitrogen and oxygen atoms in total. The normalized spacial score (nSPS) is 14.5. The first-order valence-corrected chi connectivity index (χ1v) is 9.24. The quantitative estimate of drug-likeness (QED) is 0.468. The van der Waals surface area contributed by atoms with Gasteiger partial charge in [0.15, 0.2) is 11.7 Å². The summed E-state index contributed by atoms with van der Waals surface area (Å²) in [6, 6.07) is 5.48. The number of hydrogen-bond acceptors (Lipinski definition) is 5. The highest BCUT2D eigenvalue weighted by Gasteiger charge is 2.26. The van der Waals surface area contributed by atoms with Gasteiger partial charge in [-0.15, -0.1) is 0 Å². The minimum absolute atomic E-state index is 0.266. The zero-order chi connectivity index (χ0) is 19.0. The summed E-state index contributed by atoms with van der Waals surface area (Å²) in [7, 11) is 0. The molecule has 2 aromatic rings. The average Bonchev–Trinajstić information content (AvgIpc) is 3.31. The van der Waals surface area contributed by atoms with Crippen molar-refractivity contribution < 1.29 is 14.0 Å². The molecule has 0 radical (unpaired) electrons. The number of aromatic nitrogens is 1. The van der Waals surface area contributed by atoms with Crippen molar-refractivity contribution in [3.05, 3.63) is 41.7 Å². The Hall–Kier alpha value is -2.28. The lowest BCUT2D eigenvalue weighted by Gasteiger charge is -2.22. The SMILES string of the molecule is CCNC(=NCc1cc(C(CC)CC)no1)NCC(C)(O)c1ccco1. The van der Waals surface area contributed by atoms with Gasteiger partial charge in [0, 0.05) is 18.5 Å². The molecule has 0 saturated carbocycles. The lowest BCUT2D eigenvalue weighted by molar-refractivity contribution is 0.0386. The highest BCUT2D eigenvalue weighted by Crippen LogP contribution is 2.22. The van der Waals surface area contributed by atoms with Crippen LogP contribution < -0.4 is 10.6 Å². The van der Waals surface area contributed by atoms with Crippen LogP contribution in [0, 0.1) is 0 Å². The summed E-state index contributed by atoms with van der Waals surface area (Å²) in [6.07, 6.45) is 3.63. The molecule has 0 bridgehead atoms. The molecule has 0 aliphatic rings. The highest BCUT2D eigenvalue weighted by atomic mass is 16.5. The largest absolute Gasteiger partial charge is 0.466 e. The molecule has 2 heterocycles. The summed E-state index contributed by atoms with van der Waals surface area (Å²) < 4.78 is 10.7. The summed E-state index contributed by atoms with van der Waals surface area (Å²) in [5, 5.41) is 21.0. The van der Waals surface area contributed by atoms with Crippen LogP contribution >= 0.6 is 0 Å². The second kappa shape index (κ2) is 9.43. The number of nitrogens with one attached hydrogen (secondary N) is 2. The van der Waals surface area contributed by atoms with Gasteiger partial charge in [-0.05, 0) is 38.8 Å². The van der Waals surface area contributed by atoms with Crippen molar-refractivity contribution in [1.82, 2.24) is 15.8 Å². The number of furan rings is 1. The topological polar surface area (TPSA) is 95.8 Å². The van der Waals surface area contributed by atoms with Gasteiger partial charge in [0.25, 0.3) is 0 Å². The van der Waals surface area contributed by atoms with Crippen LogP contribution in [-0.4, -0.2) is 29.3 Å². The zero-order valence-electron chi connectivity index (χ0n) is 16.1. The predicted octanol–water partition coefficient (Wildman–Crippen LogP) is 3.13. The second-order valence-electron chi connectivity index (χ2n) is 6.53. The predicted molar refractivity (Wildman–Crippen MR) is 101 cm³/mol. The molecular formula is C19H30N4O3. The molecule has 0 saturated heterocycles. The van der Waals surface area contributed by atoms with E-state index in [2.05, 4.69) is 34.6 Å². The van der Waals surface area contributed by atoms with Gasteiger partial charge in [-0.2, -0.15) is 0 Å². The highest BCUT2D eigenvalue weighted by molar-refractivity contribution is 5.79. The number of hydrogen-bond donors (Lipinski definition) is 3. The Labute approximate surface area is 154 Å². The third-order valence-corrected chi connectivity index (χ3v) is 4.37. The Balaban J connectivity index is 1.98. The van der Waals surface area contributed by atoms with Crippen molar-refractivity contribution in [2.24, 2.45) is 4.99 Å². The molecule has 7 heteroatoms. The van der Waals surface area contributed by atoms with Crippen molar-refractivity contribution in [3.8, 4) is 0 Å². The monoisotopic (exact) mass is 362 g/mol. The summed E-state index contributed by atoms with van der Waals surface area (Å²) >= 11 is 0. The van der Waals surface area contributed by atoms with Crippen LogP contribution in [0.3, 0.4) is 0 Å². The van der Waals surface area contributed by atoms with Crippen LogP contribution in [0.4, 0.5) is 0 Å². The van der Waals surface area contributed by atoms with Crippen LogP contribution in [0.1, 0.15) is 63.7 Å². The molecule has 2 aromatic heterocycles. The molecule has 0 fully saturated rings. The number of guanidine groups is 1. The molecule has 3 N–H and O–H groups in total. The fourth-order valence-electron chi connectivity index (χ4n) is 2.73. The fraction of sp³-hybridized carbons (Fsp3) is 0.579. The van der Waals surface area contributed by atoms with Crippen molar-refractivity contribution in [2.75, 3.05) is 13.1 Å². The summed E-state index contributed by atoms with van der Waals surface area (Å²) in [6.45, 7) is 9.34. The van der Waals surface area contributed by atoms with Crippen molar-refractivity contribution in [3.63, 3.8) is 0 Å². The van der Waals surface area contributed by atoms with Crippen LogP contribution in [-0.2, 0) is 12.1 Å². The number of aliphatic hydroxyl groups is 1. The Morgan fingerprint density at radius 3 is 2.69 bits per heavy atom. The maximum absolute atomic E-state index is 10.5. The molecule has 0 aliphatic heterocycles. The Morgan fingerprint density at radius 2 is 2.08 bits per heavy atom. The van der Waals surface area contributed by atoms with E-state index in [-0.39, 0.29) is 6.54 Å². The van der Waals surface area contributed by atoms with Gasteiger partial charge in [-0.3, -0.25) is 0 Å². The van der Waals surface area contributed by atoms with Gasteiger partial charge in [0.1, 0.15) is 17.9 Å². The minimum Gasteiger partial charge on any atom is -0.466 e. The van der Waals surface area contributed by atoms with Gasteiger partial charge >= 0.3 is 0 Å². The lowest BCUT2D eigenvalue weighted by Crippen LogP contribution is -2.44. The lowest BCUT2D eigenvalue weighted by atomic mass is 9.99. The van der Waals surface area contributed by atoms with Crippen molar-refractivity contribution >= 4 is 5.96 Å². The first-order valence-electron chi connectivity index (χ1n) is 9.24. The van der Waals surface area contributed by atoms with Gasteiger partial charge in [-0.1, -0.05) is 19.0 Å². The molecule has 0 spiro atoms. The number of nitrogens with zero attached hydrogens (tertiary/aromatic N) is 2. The van der Waals surface area contributed by atoms with E-state index in [4.69, 9.17) is 8.94 Å². The smallest absolute Gasteiger partial charge is 0.191 e. The molecule has 0 aliphatic carbocycles. The third kappa shape index (κ3) is 5.36. The van der Waals surface area contributed by atoms with E-state index in [1.165, 1.54) is 0 Å². The fourth-order valence-corrected chi connectivity index (χ4v) is 2.73. The molecule has 26 heavy (non-hydrogen) atoms. The standard InChI is InChI=1S/C19H30N4O3/c1-5-14(6-2)16-11-15(26-23-16)12-21-18(20-7-3)22-13-19(4,24)17-9-8-10-25-17/h8-11,14,24H,5-7,12-13H2,1-4H3,(H2,20,21,22). The maximum atomic E-state index is 10.5. The van der Waals surface area contributed by atoms with E-state index in [9.17, 15) is 5.11 Å². The Morgan fingerprint density at radius 1 is 1.31 bits per heavy atom. The van der Waals surface area contributed by atoms with Gasteiger partial charge in [0.05, 0.1) is 18.5 Å². The molecule has 0 aromatic carbocycles. The van der Waals surface area contributed by atoms with E-state index in [1.54, 1.807) is 25.3 Å². The van der Waals surface area contributed by atoms with E-state index >= 15 is 0 Å². The van der Waals surface area contributed by atoms with Crippen molar-refractivity contribution in [2.45, 2.75) is 58.6 Å². The van der Waals surface area contributed by atoms with Crippen LogP contribution in [0.25, 0.3) is 0 Å². The van der Waals surface area contributed by atoms with Crippen LogP contribution in [0.5, 0.6) is 0 Å². The molecule has 144 valence electrons. The molecule has 1 unspecified atom stereocenters. The molecule has 2 rings (SSSR count). The number of rotatable bonds is 9. The Bertz CT molecular complexity index is 673. The summed E-state index contributed by atoms with van der Waals surface area (Å²) in [4.78, 5) is 4.51. The van der Waals surface area contributed by atoms with E-state index in [0.29, 0.717) is 30.7 Å². The van der Waals surface area contributed by atoms with E-state index in [1.807, 2.05) is 13.0 Å². The average molecular weight is 362 g/mol. The zero-order valence-corrected chi connectivity index (χ0v) is 16.1. The first kappa shape index (κ1) is 20.0. The van der Waals surface area contributed by atoms with Gasteiger partial charge in [0.2, 0.25) is 0 Å². The summed E-state index contributed by atoms with van der Waals surface area (Å²) in [5.74, 6) is 2.25. The summed E-state index contributed by atoms with van der Waals surface area (Å²) in [5.41, 5.74) is -0.145. The molecule has 0 amide bonds. The molecule has 1 atom stereocenters. The minimum atomic E-state index is -1.13. The van der Waals surface area contributed by atoms with Gasteiger partial charge in [-0.25, -0.2) is 4.99 Å². The third-order valence-electron chi connectivity index (χ3n) is 4.37. The van der Waals surface area contributed by atoms with E-state index < -0.39 is 5.60 Å². The Kier molecular flexibility index (Phi) is 7.26. The van der Waals surface area contributed by atoms with E-state index in [0.717, 1.165) is 24.3 Å². The first-order chi connectivity index (χ1) is 12.5. The van der Waals surface area contributed by atoms with Gasteiger partial charge < -0.3 is 24.7 Å². The van der Waals surface area contributed by atoms with Crippen LogP contribution in [0.2, 0.25) is 0 Å². The van der Waals surface area contributed by atoms with Crippen LogP contribution in [0.15, 0.2) is 38.4 Å². The second-order valence-corrected chi connectivity index (χ2v) is 6.53.